The molecule has 0 bridgehead atoms. The predicted molar refractivity (Wildman–Crippen MR) is 90.0 cm³/mol. The topological polar surface area (TPSA) is 88.0 Å². The zero-order valence-electron chi connectivity index (χ0n) is 12.1. The summed E-state index contributed by atoms with van der Waals surface area (Å²) in [5.41, 5.74) is 6.66. The Morgan fingerprint density at radius 2 is 2.00 bits per heavy atom. The van der Waals surface area contributed by atoms with Crippen LogP contribution in [0, 0.1) is 0 Å². The third kappa shape index (κ3) is 3.08. The van der Waals surface area contributed by atoms with Crippen LogP contribution in [0.4, 0.5) is 0 Å². The molecule has 22 heavy (non-hydrogen) atoms. The lowest BCUT2D eigenvalue weighted by Gasteiger charge is -2.26. The molecule has 0 spiro atoms. The predicted octanol–water partition coefficient (Wildman–Crippen LogP) is 2.29. The van der Waals surface area contributed by atoms with Crippen LogP contribution in [0.5, 0.6) is 0 Å². The van der Waals surface area contributed by atoms with Crippen molar-refractivity contribution >= 4 is 32.7 Å². The summed E-state index contributed by atoms with van der Waals surface area (Å²) in [6.07, 6.45) is 3.62. The first kappa shape index (κ1) is 15.2. The van der Waals surface area contributed by atoms with Crippen molar-refractivity contribution in [2.45, 2.75) is 37.8 Å². The maximum Gasteiger partial charge on any atom is 0.252 e. The first-order valence-corrected chi connectivity index (χ1v) is 8.22. The van der Waals surface area contributed by atoms with Crippen LogP contribution in [-0.2, 0) is 0 Å². The molecule has 1 aliphatic rings. The highest BCUT2D eigenvalue weighted by molar-refractivity contribution is 9.10. The quantitative estimate of drug-likeness (QED) is 0.764. The maximum atomic E-state index is 12.6. The van der Waals surface area contributed by atoms with Gasteiger partial charge in [0.05, 0.1) is 11.1 Å². The third-order valence-electron chi connectivity index (χ3n) is 4.18. The lowest BCUT2D eigenvalue weighted by Crippen LogP contribution is -2.40. The molecule has 1 aromatic heterocycles. The lowest BCUT2D eigenvalue weighted by atomic mass is 9.91. The number of aromatic amines is 1. The SMILES string of the molecule is NC1CCC(NC(=O)c2cc(=O)[nH]c3c(Br)cccc23)CC1. The molecule has 1 heterocycles. The molecule has 0 saturated heterocycles. The second-order valence-electron chi connectivity index (χ2n) is 5.79. The Morgan fingerprint density at radius 1 is 1.27 bits per heavy atom. The average Bonchev–Trinajstić information content (AvgIpc) is 2.50. The minimum Gasteiger partial charge on any atom is -0.349 e. The fraction of sp³-hybridized carbons (Fsp3) is 0.375. The van der Waals surface area contributed by atoms with Gasteiger partial charge in [-0.2, -0.15) is 0 Å². The van der Waals surface area contributed by atoms with Gasteiger partial charge in [0.2, 0.25) is 5.56 Å². The number of amides is 1. The summed E-state index contributed by atoms with van der Waals surface area (Å²) < 4.78 is 0.764. The molecule has 0 atom stereocenters. The third-order valence-corrected chi connectivity index (χ3v) is 4.84. The molecule has 0 radical (unpaired) electrons. The fourth-order valence-electron chi connectivity index (χ4n) is 2.96. The number of hydrogen-bond acceptors (Lipinski definition) is 3. The summed E-state index contributed by atoms with van der Waals surface area (Å²) >= 11 is 3.40. The second-order valence-corrected chi connectivity index (χ2v) is 6.65. The van der Waals surface area contributed by atoms with Crippen LogP contribution in [0.2, 0.25) is 0 Å². The van der Waals surface area contributed by atoms with Crippen LogP contribution in [0.15, 0.2) is 33.5 Å². The van der Waals surface area contributed by atoms with E-state index in [0.29, 0.717) is 11.1 Å². The number of benzene rings is 1. The monoisotopic (exact) mass is 363 g/mol. The number of nitrogens with two attached hydrogens (primary N) is 1. The largest absolute Gasteiger partial charge is 0.349 e. The normalized spacial score (nSPS) is 21.7. The number of carbonyl (C=O) groups excluding carboxylic acids is 1. The molecule has 4 N–H and O–H groups in total. The Bertz CT molecular complexity index is 764. The number of pyridine rings is 1. The minimum atomic E-state index is -0.282. The summed E-state index contributed by atoms with van der Waals surface area (Å²) in [6, 6.07) is 7.25. The van der Waals surface area contributed by atoms with Gasteiger partial charge >= 0.3 is 0 Å². The molecule has 5 nitrogen and oxygen atoms in total. The Labute approximate surface area is 136 Å². The van der Waals surface area contributed by atoms with Gasteiger partial charge in [-0.25, -0.2) is 0 Å². The number of hydrogen-bond donors (Lipinski definition) is 3. The average molecular weight is 364 g/mol. The van der Waals surface area contributed by atoms with Crippen molar-refractivity contribution in [1.82, 2.24) is 10.3 Å². The molecular formula is C16H18BrN3O2. The number of para-hydroxylation sites is 1. The number of halogens is 1. The van der Waals surface area contributed by atoms with E-state index in [-0.39, 0.29) is 23.6 Å². The van der Waals surface area contributed by atoms with Crippen molar-refractivity contribution < 1.29 is 4.79 Å². The molecule has 1 amide bonds. The Kier molecular flexibility index (Phi) is 4.31. The number of H-pyrrole nitrogens is 1. The van der Waals surface area contributed by atoms with Gasteiger partial charge in [0.15, 0.2) is 0 Å². The number of rotatable bonds is 2. The van der Waals surface area contributed by atoms with E-state index in [0.717, 1.165) is 35.5 Å². The zero-order chi connectivity index (χ0) is 15.7. The molecule has 1 saturated carbocycles. The molecule has 6 heteroatoms. The van der Waals surface area contributed by atoms with Gasteiger partial charge < -0.3 is 16.0 Å². The van der Waals surface area contributed by atoms with E-state index in [1.807, 2.05) is 18.2 Å². The standard InChI is InChI=1S/C16H18BrN3O2/c17-13-3-1-2-11-12(8-14(21)20-15(11)13)16(22)19-10-6-4-9(18)5-7-10/h1-3,8-10H,4-7,18H2,(H,19,22)(H,20,21). The Hall–Kier alpha value is -1.66. The van der Waals surface area contributed by atoms with Crippen LogP contribution >= 0.6 is 15.9 Å². The van der Waals surface area contributed by atoms with Crippen LogP contribution in [0.3, 0.4) is 0 Å². The second kappa shape index (κ2) is 6.22. The van der Waals surface area contributed by atoms with Crippen LogP contribution in [0.25, 0.3) is 10.9 Å². The van der Waals surface area contributed by atoms with Gasteiger partial charge in [-0.05, 0) is 47.7 Å². The van der Waals surface area contributed by atoms with Crippen molar-refractivity contribution in [3.63, 3.8) is 0 Å². The van der Waals surface area contributed by atoms with Crippen molar-refractivity contribution in [2.75, 3.05) is 0 Å². The molecule has 0 unspecified atom stereocenters. The molecular weight excluding hydrogens is 346 g/mol. The number of aromatic nitrogens is 1. The molecule has 3 rings (SSSR count). The highest BCUT2D eigenvalue weighted by atomic mass is 79.9. The van der Waals surface area contributed by atoms with E-state index in [1.165, 1.54) is 6.07 Å². The van der Waals surface area contributed by atoms with Gasteiger partial charge in [0.25, 0.3) is 5.91 Å². The Balaban J connectivity index is 1.91. The summed E-state index contributed by atoms with van der Waals surface area (Å²) in [6.45, 7) is 0. The van der Waals surface area contributed by atoms with E-state index in [4.69, 9.17) is 5.73 Å². The van der Waals surface area contributed by atoms with Crippen LogP contribution < -0.4 is 16.6 Å². The van der Waals surface area contributed by atoms with Crippen LogP contribution in [-0.4, -0.2) is 23.0 Å². The molecule has 1 aliphatic carbocycles. The van der Waals surface area contributed by atoms with E-state index in [2.05, 4.69) is 26.2 Å². The fourth-order valence-corrected chi connectivity index (χ4v) is 3.42. The lowest BCUT2D eigenvalue weighted by molar-refractivity contribution is 0.0927. The molecule has 116 valence electrons. The van der Waals surface area contributed by atoms with Gasteiger partial charge in [-0.1, -0.05) is 12.1 Å². The summed E-state index contributed by atoms with van der Waals surface area (Å²) in [4.78, 5) is 27.1. The molecule has 1 fully saturated rings. The number of nitrogens with one attached hydrogen (secondary N) is 2. The number of fused-ring (bicyclic) bond motifs is 1. The minimum absolute atomic E-state index is 0.133. The highest BCUT2D eigenvalue weighted by Crippen LogP contribution is 2.24. The summed E-state index contributed by atoms with van der Waals surface area (Å²) in [7, 11) is 0. The van der Waals surface area contributed by atoms with Gasteiger partial charge in [-0.15, -0.1) is 0 Å². The molecule has 0 aliphatic heterocycles. The first-order chi connectivity index (χ1) is 10.5. The highest BCUT2D eigenvalue weighted by Gasteiger charge is 2.21. The van der Waals surface area contributed by atoms with Crippen molar-refractivity contribution in [1.29, 1.82) is 0 Å². The summed E-state index contributed by atoms with van der Waals surface area (Å²) in [5.74, 6) is -0.199. The molecule has 1 aromatic carbocycles. The van der Waals surface area contributed by atoms with Crippen molar-refractivity contribution in [2.24, 2.45) is 5.73 Å². The van der Waals surface area contributed by atoms with E-state index in [1.54, 1.807) is 0 Å². The van der Waals surface area contributed by atoms with Gasteiger partial charge in [-0.3, -0.25) is 9.59 Å². The van der Waals surface area contributed by atoms with Crippen LogP contribution in [0.1, 0.15) is 36.0 Å². The van der Waals surface area contributed by atoms with Gasteiger partial charge in [0.1, 0.15) is 0 Å². The van der Waals surface area contributed by atoms with Crippen molar-refractivity contribution in [3.8, 4) is 0 Å². The van der Waals surface area contributed by atoms with E-state index < -0.39 is 0 Å². The van der Waals surface area contributed by atoms with Gasteiger partial charge in [0, 0.05) is 28.0 Å². The van der Waals surface area contributed by atoms with E-state index >= 15 is 0 Å². The summed E-state index contributed by atoms with van der Waals surface area (Å²) in [5, 5.41) is 3.77. The smallest absolute Gasteiger partial charge is 0.252 e. The number of carbonyl (C=O) groups is 1. The first-order valence-electron chi connectivity index (χ1n) is 7.42. The molecule has 2 aromatic rings. The maximum absolute atomic E-state index is 12.6. The Morgan fingerprint density at radius 3 is 2.73 bits per heavy atom. The van der Waals surface area contributed by atoms with Crippen molar-refractivity contribution in [3.05, 3.63) is 44.7 Å². The van der Waals surface area contributed by atoms with E-state index in [9.17, 15) is 9.59 Å². The zero-order valence-corrected chi connectivity index (χ0v) is 13.7.